The molecule has 0 aliphatic carbocycles. The van der Waals surface area contributed by atoms with E-state index in [1.807, 2.05) is 6.07 Å². The van der Waals surface area contributed by atoms with Crippen LogP contribution in [0.4, 0.5) is 0 Å². The van der Waals surface area contributed by atoms with E-state index in [2.05, 4.69) is 43.7 Å². The van der Waals surface area contributed by atoms with Crippen LogP contribution in [0.25, 0.3) is 0 Å². The first-order chi connectivity index (χ1) is 10.9. The van der Waals surface area contributed by atoms with E-state index in [4.69, 9.17) is 4.74 Å². The van der Waals surface area contributed by atoms with Crippen molar-refractivity contribution in [1.82, 2.24) is 0 Å². The summed E-state index contributed by atoms with van der Waals surface area (Å²) in [7, 11) is 1.44. The van der Waals surface area contributed by atoms with Gasteiger partial charge in [0.1, 0.15) is 5.75 Å². The van der Waals surface area contributed by atoms with Crippen LogP contribution in [-0.2, 0) is 14.9 Å². The third-order valence-corrected chi connectivity index (χ3v) is 3.97. The molecule has 0 N–H and O–H groups in total. The Morgan fingerprint density at radius 3 is 2.30 bits per heavy atom. The lowest BCUT2D eigenvalue weighted by Crippen LogP contribution is -2.11. The summed E-state index contributed by atoms with van der Waals surface area (Å²) in [5.41, 5.74) is 1.46. The molecular weight excluding hydrogens is 288 g/mol. The minimum Gasteiger partial charge on any atom is -0.494 e. The van der Waals surface area contributed by atoms with Crippen molar-refractivity contribution < 1.29 is 14.3 Å². The van der Waals surface area contributed by atoms with E-state index >= 15 is 0 Å². The summed E-state index contributed by atoms with van der Waals surface area (Å²) < 4.78 is 10.5. The fourth-order valence-corrected chi connectivity index (χ4v) is 2.42. The third-order valence-electron chi connectivity index (χ3n) is 3.97. The van der Waals surface area contributed by atoms with Gasteiger partial charge in [0.05, 0.1) is 13.7 Å². The smallest absolute Gasteiger partial charge is 0.305 e. The van der Waals surface area contributed by atoms with Gasteiger partial charge in [0.2, 0.25) is 0 Å². The van der Waals surface area contributed by atoms with Crippen LogP contribution in [0.15, 0.2) is 24.3 Å². The van der Waals surface area contributed by atoms with Crippen molar-refractivity contribution in [2.75, 3.05) is 13.7 Å². The van der Waals surface area contributed by atoms with Gasteiger partial charge in [-0.3, -0.25) is 4.79 Å². The highest BCUT2D eigenvalue weighted by atomic mass is 16.5. The van der Waals surface area contributed by atoms with Crippen molar-refractivity contribution in [2.45, 2.75) is 71.1 Å². The monoisotopic (exact) mass is 320 g/mol. The molecule has 0 heterocycles. The number of hydrogen-bond acceptors (Lipinski definition) is 3. The summed E-state index contributed by atoms with van der Waals surface area (Å²) in [4.78, 5) is 11.0. The Hall–Kier alpha value is -1.51. The maximum absolute atomic E-state index is 11.0. The third kappa shape index (κ3) is 8.63. The molecule has 130 valence electrons. The molecule has 0 saturated carbocycles. The number of hydrogen-bond donors (Lipinski definition) is 0. The molecule has 0 amide bonds. The van der Waals surface area contributed by atoms with E-state index in [1.165, 1.54) is 31.9 Å². The van der Waals surface area contributed by atoms with Gasteiger partial charge in [0.15, 0.2) is 0 Å². The molecule has 0 spiro atoms. The van der Waals surface area contributed by atoms with Crippen LogP contribution in [-0.4, -0.2) is 19.7 Å². The normalized spacial score (nSPS) is 11.3. The Kier molecular flexibility index (Phi) is 8.75. The minimum absolute atomic E-state index is 0.101. The van der Waals surface area contributed by atoms with Gasteiger partial charge in [0, 0.05) is 6.42 Å². The van der Waals surface area contributed by atoms with Gasteiger partial charge in [-0.05, 0) is 36.0 Å². The second-order valence-electron chi connectivity index (χ2n) is 7.07. The number of rotatable bonds is 10. The average Bonchev–Trinajstić information content (AvgIpc) is 2.52. The molecule has 0 bridgehead atoms. The largest absolute Gasteiger partial charge is 0.494 e. The minimum atomic E-state index is -0.101. The highest BCUT2D eigenvalue weighted by Crippen LogP contribution is 2.25. The second kappa shape index (κ2) is 10.3. The standard InChI is InChI=1S/C20H32O3/c1-20(2,3)17-12-11-13-18(16-17)23-15-10-8-6-5-7-9-14-19(21)22-4/h11-13,16H,5-10,14-15H2,1-4H3. The summed E-state index contributed by atoms with van der Waals surface area (Å²) in [6.45, 7) is 7.42. The molecule has 1 rings (SSSR count). The number of unbranched alkanes of at least 4 members (excludes halogenated alkanes) is 5. The van der Waals surface area contributed by atoms with E-state index in [0.29, 0.717) is 6.42 Å². The molecule has 3 heteroatoms. The Morgan fingerprint density at radius 2 is 1.65 bits per heavy atom. The molecule has 3 nitrogen and oxygen atoms in total. The van der Waals surface area contributed by atoms with Crippen molar-refractivity contribution in [3.8, 4) is 5.75 Å². The van der Waals surface area contributed by atoms with Crippen molar-refractivity contribution in [1.29, 1.82) is 0 Å². The number of benzene rings is 1. The Labute approximate surface area is 141 Å². The lowest BCUT2D eigenvalue weighted by atomic mass is 9.87. The number of carbonyl (C=O) groups is 1. The zero-order valence-corrected chi connectivity index (χ0v) is 15.2. The summed E-state index contributed by atoms with van der Waals surface area (Å²) >= 11 is 0. The molecule has 0 aliphatic heterocycles. The van der Waals surface area contributed by atoms with E-state index in [1.54, 1.807) is 0 Å². The summed E-state index contributed by atoms with van der Waals surface area (Å²) in [6, 6.07) is 8.40. The topological polar surface area (TPSA) is 35.5 Å². The van der Waals surface area contributed by atoms with Gasteiger partial charge in [-0.15, -0.1) is 0 Å². The predicted octanol–water partition coefficient (Wildman–Crippen LogP) is 5.27. The van der Waals surface area contributed by atoms with Crippen LogP contribution in [0.5, 0.6) is 5.75 Å². The van der Waals surface area contributed by atoms with Gasteiger partial charge in [-0.1, -0.05) is 58.6 Å². The first-order valence-electron chi connectivity index (χ1n) is 8.73. The Morgan fingerprint density at radius 1 is 1.00 bits per heavy atom. The lowest BCUT2D eigenvalue weighted by Gasteiger charge is -2.19. The lowest BCUT2D eigenvalue weighted by molar-refractivity contribution is -0.140. The summed E-state index contributed by atoms with van der Waals surface area (Å²) in [6.07, 6.45) is 7.22. The SMILES string of the molecule is COC(=O)CCCCCCCCOc1cccc(C(C)(C)C)c1. The van der Waals surface area contributed by atoms with E-state index < -0.39 is 0 Å². The van der Waals surface area contributed by atoms with Crippen LogP contribution in [0, 0.1) is 0 Å². The van der Waals surface area contributed by atoms with Crippen molar-refractivity contribution in [3.05, 3.63) is 29.8 Å². The molecule has 1 aromatic rings. The summed E-state index contributed by atoms with van der Waals surface area (Å²) in [5.74, 6) is 0.867. The molecule has 0 fully saturated rings. The number of ether oxygens (including phenoxy) is 2. The number of carbonyl (C=O) groups excluding carboxylic acids is 1. The molecule has 0 atom stereocenters. The fraction of sp³-hybridized carbons (Fsp3) is 0.650. The van der Waals surface area contributed by atoms with Gasteiger partial charge in [-0.2, -0.15) is 0 Å². The maximum Gasteiger partial charge on any atom is 0.305 e. The molecule has 0 unspecified atom stereocenters. The molecule has 0 saturated heterocycles. The highest BCUT2D eigenvalue weighted by molar-refractivity contribution is 5.68. The average molecular weight is 320 g/mol. The van der Waals surface area contributed by atoms with Gasteiger partial charge < -0.3 is 9.47 Å². The summed E-state index contributed by atoms with van der Waals surface area (Å²) in [5, 5.41) is 0. The molecule has 0 aromatic heterocycles. The van der Waals surface area contributed by atoms with Crippen LogP contribution >= 0.6 is 0 Å². The first kappa shape index (κ1) is 19.5. The highest BCUT2D eigenvalue weighted by Gasteiger charge is 2.13. The van der Waals surface area contributed by atoms with Crippen LogP contribution in [0.2, 0.25) is 0 Å². The van der Waals surface area contributed by atoms with Gasteiger partial charge in [-0.25, -0.2) is 0 Å². The van der Waals surface area contributed by atoms with Crippen LogP contribution in [0.1, 0.15) is 71.3 Å². The first-order valence-corrected chi connectivity index (χ1v) is 8.73. The maximum atomic E-state index is 11.0. The quantitative estimate of drug-likeness (QED) is 0.435. The fourth-order valence-electron chi connectivity index (χ4n) is 2.42. The van der Waals surface area contributed by atoms with E-state index in [0.717, 1.165) is 31.6 Å². The van der Waals surface area contributed by atoms with Crippen molar-refractivity contribution in [2.24, 2.45) is 0 Å². The van der Waals surface area contributed by atoms with Crippen LogP contribution < -0.4 is 4.74 Å². The molecule has 23 heavy (non-hydrogen) atoms. The van der Waals surface area contributed by atoms with Gasteiger partial charge >= 0.3 is 5.97 Å². The predicted molar refractivity (Wildman–Crippen MR) is 95.0 cm³/mol. The van der Waals surface area contributed by atoms with Crippen molar-refractivity contribution in [3.63, 3.8) is 0 Å². The zero-order valence-electron chi connectivity index (χ0n) is 15.2. The molecular formula is C20H32O3. The van der Waals surface area contributed by atoms with Crippen molar-refractivity contribution >= 4 is 5.97 Å². The zero-order chi connectivity index (χ0) is 17.1. The Balaban J connectivity index is 2.08. The van der Waals surface area contributed by atoms with Gasteiger partial charge in [0.25, 0.3) is 0 Å². The number of esters is 1. The molecule has 1 aromatic carbocycles. The number of methoxy groups -OCH3 is 1. The molecule has 0 aliphatic rings. The second-order valence-corrected chi connectivity index (χ2v) is 7.07. The van der Waals surface area contributed by atoms with Crippen LogP contribution in [0.3, 0.4) is 0 Å². The Bertz CT molecular complexity index is 460. The van der Waals surface area contributed by atoms with E-state index in [-0.39, 0.29) is 11.4 Å². The molecule has 0 radical (unpaired) electrons. The van der Waals surface area contributed by atoms with E-state index in [9.17, 15) is 4.79 Å².